The van der Waals surface area contributed by atoms with Gasteiger partial charge in [0.1, 0.15) is 27.0 Å². The maximum atomic E-state index is 12.7. The van der Waals surface area contributed by atoms with Crippen LogP contribution in [0.5, 0.6) is 11.5 Å². The number of likely N-dealkylation sites (tertiary alicyclic amines) is 1. The van der Waals surface area contributed by atoms with E-state index in [2.05, 4.69) is 14.9 Å². The minimum atomic E-state index is -0.451. The Morgan fingerprint density at radius 1 is 1.29 bits per heavy atom. The molecule has 1 aromatic carbocycles. The number of aryl methyl sites for hydroxylation is 1. The summed E-state index contributed by atoms with van der Waals surface area (Å²) in [5.41, 5.74) is 1.46. The van der Waals surface area contributed by atoms with Gasteiger partial charge in [-0.15, -0.1) is 11.3 Å². The second kappa shape index (κ2) is 8.68. The normalized spacial score (nSPS) is 16.6. The van der Waals surface area contributed by atoms with Crippen molar-refractivity contribution < 1.29 is 19.0 Å². The molecule has 0 bridgehead atoms. The zero-order chi connectivity index (χ0) is 22.1. The lowest BCUT2D eigenvalue weighted by atomic mass is 10.0. The molecule has 3 aromatic rings. The minimum Gasteiger partial charge on any atom is -0.497 e. The number of ether oxygens (including phenoxy) is 3. The molecule has 1 atom stereocenters. The van der Waals surface area contributed by atoms with Crippen molar-refractivity contribution in [3.63, 3.8) is 0 Å². The minimum absolute atomic E-state index is 0.151. The highest BCUT2D eigenvalue weighted by atomic mass is 32.1. The average Bonchev–Trinajstić information content (AvgIpc) is 3.37. The van der Waals surface area contributed by atoms with E-state index in [-0.39, 0.29) is 11.6 Å². The van der Waals surface area contributed by atoms with Crippen LogP contribution in [0, 0.1) is 6.92 Å². The third kappa shape index (κ3) is 3.90. The summed E-state index contributed by atoms with van der Waals surface area (Å²) in [5.74, 6) is 1.66. The summed E-state index contributed by atoms with van der Waals surface area (Å²) < 4.78 is 15.7. The van der Waals surface area contributed by atoms with Crippen molar-refractivity contribution in [2.75, 3.05) is 27.9 Å². The zero-order valence-electron chi connectivity index (χ0n) is 18.0. The number of nitrogens with zero attached hydrogens (tertiary/aromatic N) is 2. The van der Waals surface area contributed by atoms with Crippen LogP contribution < -0.4 is 15.0 Å². The Balaban J connectivity index is 1.66. The number of hydrogen-bond donors (Lipinski definition) is 1. The summed E-state index contributed by atoms with van der Waals surface area (Å²) in [7, 11) is 4.62. The molecule has 1 fully saturated rings. The number of methoxy groups -OCH3 is 3. The van der Waals surface area contributed by atoms with Crippen LogP contribution in [0.2, 0.25) is 0 Å². The van der Waals surface area contributed by atoms with Crippen LogP contribution in [-0.4, -0.2) is 48.7 Å². The van der Waals surface area contributed by atoms with Crippen LogP contribution in [0.15, 0.2) is 23.0 Å². The predicted octanol–water partition coefficient (Wildman–Crippen LogP) is 3.43. The molecule has 2 aromatic heterocycles. The smallest absolute Gasteiger partial charge is 0.348 e. The third-order valence-corrected chi connectivity index (χ3v) is 6.90. The van der Waals surface area contributed by atoms with Gasteiger partial charge < -0.3 is 19.2 Å². The van der Waals surface area contributed by atoms with Gasteiger partial charge in [0.25, 0.3) is 5.56 Å². The molecule has 0 aliphatic carbocycles. The number of nitrogens with one attached hydrogen (secondary N) is 1. The summed E-state index contributed by atoms with van der Waals surface area (Å²) in [6.07, 6.45) is 2.02. The first-order chi connectivity index (χ1) is 15.0. The van der Waals surface area contributed by atoms with Crippen molar-refractivity contribution in [1.82, 2.24) is 14.9 Å². The van der Waals surface area contributed by atoms with Crippen LogP contribution in [0.25, 0.3) is 10.2 Å². The van der Waals surface area contributed by atoms with Gasteiger partial charge in [-0.25, -0.2) is 9.78 Å². The summed E-state index contributed by atoms with van der Waals surface area (Å²) in [6, 6.07) is 6.01. The molecule has 0 radical (unpaired) electrons. The average molecular weight is 444 g/mol. The number of aromatic nitrogens is 2. The molecule has 1 saturated heterocycles. The van der Waals surface area contributed by atoms with Crippen LogP contribution in [-0.2, 0) is 11.3 Å². The van der Waals surface area contributed by atoms with Gasteiger partial charge in [0.05, 0.1) is 33.3 Å². The van der Waals surface area contributed by atoms with Gasteiger partial charge in [-0.1, -0.05) is 6.07 Å². The van der Waals surface area contributed by atoms with E-state index in [0.717, 1.165) is 36.4 Å². The highest BCUT2D eigenvalue weighted by Crippen LogP contribution is 2.39. The maximum absolute atomic E-state index is 12.7. The Morgan fingerprint density at radius 2 is 2.10 bits per heavy atom. The van der Waals surface area contributed by atoms with E-state index >= 15 is 0 Å². The number of aromatic amines is 1. The Labute approximate surface area is 183 Å². The largest absolute Gasteiger partial charge is 0.497 e. The molecule has 1 unspecified atom stereocenters. The molecule has 164 valence electrons. The summed E-state index contributed by atoms with van der Waals surface area (Å²) >= 11 is 1.19. The van der Waals surface area contributed by atoms with Crippen molar-refractivity contribution in [2.24, 2.45) is 0 Å². The number of esters is 1. The maximum Gasteiger partial charge on any atom is 0.348 e. The van der Waals surface area contributed by atoms with Crippen molar-refractivity contribution in [3.8, 4) is 11.5 Å². The zero-order valence-corrected chi connectivity index (χ0v) is 18.8. The first kappa shape index (κ1) is 21.3. The van der Waals surface area contributed by atoms with E-state index in [4.69, 9.17) is 14.2 Å². The number of hydrogen-bond acceptors (Lipinski definition) is 8. The number of carbonyl (C=O) groups is 1. The first-order valence-electron chi connectivity index (χ1n) is 10.0. The molecule has 1 aliphatic heterocycles. The van der Waals surface area contributed by atoms with Gasteiger partial charge >= 0.3 is 5.97 Å². The molecular weight excluding hydrogens is 418 g/mol. The fraction of sp³-hybridized carbons (Fsp3) is 0.409. The Kier molecular flexibility index (Phi) is 5.97. The van der Waals surface area contributed by atoms with Crippen LogP contribution in [0.4, 0.5) is 0 Å². The van der Waals surface area contributed by atoms with E-state index in [1.807, 2.05) is 18.2 Å². The second-order valence-electron chi connectivity index (χ2n) is 7.48. The number of fused-ring (bicyclic) bond motifs is 1. The van der Waals surface area contributed by atoms with Crippen molar-refractivity contribution in [3.05, 3.63) is 50.4 Å². The van der Waals surface area contributed by atoms with Gasteiger partial charge in [0.2, 0.25) is 0 Å². The standard InChI is InChI=1S/C22H25N3O5S/c1-12-18-20(26)23-17(24-21(18)31-19(12)22(27)30-4)11-25-9-5-6-15(25)14-8-7-13(28-2)10-16(14)29-3/h7-8,10,15H,5-6,9,11H2,1-4H3,(H,23,24,26). The molecule has 31 heavy (non-hydrogen) atoms. The molecule has 0 spiro atoms. The van der Waals surface area contributed by atoms with Crippen molar-refractivity contribution >= 4 is 27.5 Å². The van der Waals surface area contributed by atoms with E-state index in [1.54, 1.807) is 21.1 Å². The number of carbonyl (C=O) groups excluding carboxylic acids is 1. The third-order valence-electron chi connectivity index (χ3n) is 5.74. The lowest BCUT2D eigenvalue weighted by Gasteiger charge is -2.26. The molecule has 3 heterocycles. The van der Waals surface area contributed by atoms with E-state index in [0.29, 0.717) is 33.0 Å². The summed E-state index contributed by atoms with van der Waals surface area (Å²) in [4.78, 5) is 35.6. The SMILES string of the molecule is COC(=O)c1sc2nc(CN3CCCC3c3ccc(OC)cc3OC)[nH]c(=O)c2c1C. The van der Waals surface area contributed by atoms with Gasteiger partial charge in [0, 0.05) is 17.7 Å². The number of rotatable bonds is 6. The van der Waals surface area contributed by atoms with Crippen molar-refractivity contribution in [1.29, 1.82) is 0 Å². The highest BCUT2D eigenvalue weighted by molar-refractivity contribution is 7.20. The fourth-order valence-electron chi connectivity index (χ4n) is 4.20. The molecule has 9 heteroatoms. The van der Waals surface area contributed by atoms with Gasteiger partial charge in [0.15, 0.2) is 0 Å². The van der Waals surface area contributed by atoms with E-state index in [9.17, 15) is 9.59 Å². The second-order valence-corrected chi connectivity index (χ2v) is 8.48. The van der Waals surface area contributed by atoms with E-state index in [1.165, 1.54) is 18.4 Å². The van der Waals surface area contributed by atoms with Gasteiger partial charge in [-0.05, 0) is 37.9 Å². The molecule has 8 nitrogen and oxygen atoms in total. The first-order valence-corrected chi connectivity index (χ1v) is 10.8. The molecule has 0 saturated carbocycles. The quantitative estimate of drug-likeness (QED) is 0.583. The number of benzene rings is 1. The van der Waals surface area contributed by atoms with Crippen LogP contribution >= 0.6 is 11.3 Å². The Bertz CT molecular complexity index is 1190. The monoisotopic (exact) mass is 443 g/mol. The fourth-order valence-corrected chi connectivity index (χ4v) is 5.32. The van der Waals surface area contributed by atoms with Crippen LogP contribution in [0.1, 0.15) is 45.5 Å². The number of thiophene rings is 1. The summed E-state index contributed by atoms with van der Waals surface area (Å²) in [6.45, 7) is 3.13. The highest BCUT2D eigenvalue weighted by Gasteiger charge is 2.29. The van der Waals surface area contributed by atoms with Gasteiger partial charge in [-0.2, -0.15) is 0 Å². The van der Waals surface area contributed by atoms with E-state index < -0.39 is 5.97 Å². The predicted molar refractivity (Wildman–Crippen MR) is 118 cm³/mol. The molecule has 0 amide bonds. The topological polar surface area (TPSA) is 93.8 Å². The Hall–Kier alpha value is -2.91. The lowest BCUT2D eigenvalue weighted by molar-refractivity contribution is 0.0605. The summed E-state index contributed by atoms with van der Waals surface area (Å²) in [5, 5.41) is 0.448. The number of H-pyrrole nitrogens is 1. The molecular formula is C22H25N3O5S. The van der Waals surface area contributed by atoms with Gasteiger partial charge in [-0.3, -0.25) is 9.69 Å². The molecule has 4 rings (SSSR count). The lowest BCUT2D eigenvalue weighted by Crippen LogP contribution is -2.26. The van der Waals surface area contributed by atoms with Crippen molar-refractivity contribution in [2.45, 2.75) is 32.4 Å². The Morgan fingerprint density at radius 3 is 2.81 bits per heavy atom. The molecule has 1 aliphatic rings. The molecule has 1 N–H and O–H groups in total. The van der Waals surface area contributed by atoms with Crippen LogP contribution in [0.3, 0.4) is 0 Å².